The minimum absolute atomic E-state index is 0.0959. The van der Waals surface area contributed by atoms with Gasteiger partial charge in [-0.1, -0.05) is 0 Å². The quantitative estimate of drug-likeness (QED) is 0.396. The molecule has 0 unspecified atom stereocenters. The molecule has 0 radical (unpaired) electrons. The summed E-state index contributed by atoms with van der Waals surface area (Å²) in [7, 11) is 0. The van der Waals surface area contributed by atoms with Crippen LogP contribution in [-0.4, -0.2) is 50.6 Å². The number of anilines is 1. The fourth-order valence-electron chi connectivity index (χ4n) is 2.73. The molecule has 1 aromatic carbocycles. The third kappa shape index (κ3) is 6.07. The zero-order valence-corrected chi connectivity index (χ0v) is 19.1. The van der Waals surface area contributed by atoms with E-state index in [1.165, 1.54) is 18.2 Å². The molecule has 0 bridgehead atoms. The maximum absolute atomic E-state index is 12.5. The second-order valence-electron chi connectivity index (χ2n) is 6.30. The van der Waals surface area contributed by atoms with Crippen molar-refractivity contribution >= 4 is 40.5 Å². The molecule has 0 saturated carbocycles. The van der Waals surface area contributed by atoms with Gasteiger partial charge in [-0.25, -0.2) is 9.59 Å². The first-order valence-corrected chi connectivity index (χ1v) is 10.8. The Kier molecular flexibility index (Phi) is 9.21. The summed E-state index contributed by atoms with van der Waals surface area (Å²) in [4.78, 5) is 48.3. The number of hydrogen-bond donors (Lipinski definition) is 1. The Morgan fingerprint density at radius 2 is 1.66 bits per heavy atom. The number of hydrogen-bond acceptors (Lipinski definition) is 9. The van der Waals surface area contributed by atoms with Crippen molar-refractivity contribution in [2.75, 3.05) is 31.7 Å². The van der Waals surface area contributed by atoms with E-state index in [4.69, 9.17) is 18.9 Å². The summed E-state index contributed by atoms with van der Waals surface area (Å²) in [6.07, 6.45) is 0.677. The van der Waals surface area contributed by atoms with Crippen LogP contribution in [0.15, 0.2) is 18.2 Å². The van der Waals surface area contributed by atoms with Gasteiger partial charge in [0.15, 0.2) is 18.1 Å². The van der Waals surface area contributed by atoms with Crippen LogP contribution in [0.25, 0.3) is 0 Å². The highest BCUT2D eigenvalue weighted by Gasteiger charge is 2.27. The number of rotatable bonds is 11. The Bertz CT molecular complexity index is 998. The second kappa shape index (κ2) is 11.8. The molecule has 1 N–H and O–H groups in total. The number of benzene rings is 1. The number of aldehydes is 1. The van der Waals surface area contributed by atoms with Crippen molar-refractivity contribution < 1.29 is 38.1 Å². The molecule has 2 aromatic rings. The van der Waals surface area contributed by atoms with Gasteiger partial charge in [0.05, 0.1) is 25.4 Å². The lowest BCUT2D eigenvalue weighted by molar-refractivity contribution is -0.118. The Morgan fingerprint density at radius 3 is 2.28 bits per heavy atom. The monoisotopic (exact) mass is 463 g/mol. The Hall–Kier alpha value is -3.40. The van der Waals surface area contributed by atoms with Crippen LogP contribution in [0.4, 0.5) is 5.00 Å². The molecule has 172 valence electrons. The van der Waals surface area contributed by atoms with E-state index >= 15 is 0 Å². The molecule has 1 amide bonds. The maximum Gasteiger partial charge on any atom is 0.348 e. The van der Waals surface area contributed by atoms with Gasteiger partial charge >= 0.3 is 11.9 Å². The molecule has 0 saturated heterocycles. The van der Waals surface area contributed by atoms with E-state index in [1.54, 1.807) is 27.7 Å². The zero-order chi connectivity index (χ0) is 23.7. The van der Waals surface area contributed by atoms with Crippen molar-refractivity contribution in [3.05, 3.63) is 39.8 Å². The first-order valence-electron chi connectivity index (χ1n) is 9.98. The van der Waals surface area contributed by atoms with Crippen LogP contribution in [0.5, 0.6) is 11.5 Å². The van der Waals surface area contributed by atoms with Crippen molar-refractivity contribution in [2.24, 2.45) is 0 Å². The fraction of sp³-hybridized carbons (Fsp3) is 0.364. The second-order valence-corrected chi connectivity index (χ2v) is 7.32. The first-order chi connectivity index (χ1) is 15.4. The Balaban J connectivity index is 2.22. The highest BCUT2D eigenvalue weighted by atomic mass is 32.1. The lowest BCUT2D eigenvalue weighted by atomic mass is 10.1. The van der Waals surface area contributed by atoms with E-state index in [0.29, 0.717) is 29.8 Å². The number of thiophene rings is 1. The molecule has 0 aliphatic heterocycles. The van der Waals surface area contributed by atoms with Gasteiger partial charge in [-0.2, -0.15) is 0 Å². The average Bonchev–Trinajstić information content (AvgIpc) is 3.09. The number of carbonyl (C=O) groups excluding carboxylic acids is 4. The van der Waals surface area contributed by atoms with Crippen LogP contribution < -0.4 is 14.8 Å². The van der Waals surface area contributed by atoms with Crippen LogP contribution >= 0.6 is 11.3 Å². The van der Waals surface area contributed by atoms with E-state index in [9.17, 15) is 19.2 Å². The molecule has 9 nitrogen and oxygen atoms in total. The standard InChI is InChI=1S/C22H25NO8S/c1-5-28-16-10-14(11-24)8-9-15(16)31-12-17(25)23-20-18(21(26)29-6-2)13(4)19(32-20)22(27)30-7-3/h8-11H,5-7,12H2,1-4H3,(H,23,25). The maximum atomic E-state index is 12.5. The molecular formula is C22H25NO8S. The largest absolute Gasteiger partial charge is 0.490 e. The van der Waals surface area contributed by atoms with Crippen LogP contribution in [0.2, 0.25) is 0 Å². The minimum Gasteiger partial charge on any atom is -0.490 e. The topological polar surface area (TPSA) is 117 Å². The minimum atomic E-state index is -0.656. The van der Waals surface area contributed by atoms with Gasteiger partial charge in [-0.05, 0) is 51.5 Å². The summed E-state index contributed by atoms with van der Waals surface area (Å²) in [5, 5.41) is 2.77. The molecule has 0 atom stereocenters. The zero-order valence-electron chi connectivity index (χ0n) is 18.3. The molecular weight excluding hydrogens is 438 g/mol. The van der Waals surface area contributed by atoms with Crippen LogP contribution in [0, 0.1) is 6.92 Å². The highest BCUT2D eigenvalue weighted by Crippen LogP contribution is 2.34. The number of amides is 1. The van der Waals surface area contributed by atoms with Gasteiger partial charge < -0.3 is 24.3 Å². The number of ether oxygens (including phenoxy) is 4. The molecule has 32 heavy (non-hydrogen) atoms. The summed E-state index contributed by atoms with van der Waals surface area (Å²) in [6, 6.07) is 4.58. The van der Waals surface area contributed by atoms with Crippen LogP contribution in [0.3, 0.4) is 0 Å². The normalized spacial score (nSPS) is 10.2. The van der Waals surface area contributed by atoms with E-state index in [-0.39, 0.29) is 34.4 Å². The van der Waals surface area contributed by atoms with Crippen molar-refractivity contribution in [3.8, 4) is 11.5 Å². The summed E-state index contributed by atoms with van der Waals surface area (Å²) >= 11 is 0.928. The first kappa shape index (κ1) is 24.9. The van der Waals surface area contributed by atoms with E-state index in [2.05, 4.69) is 5.32 Å². The number of esters is 2. The summed E-state index contributed by atoms with van der Waals surface area (Å²) in [6.45, 7) is 6.95. The van der Waals surface area contributed by atoms with E-state index < -0.39 is 24.5 Å². The van der Waals surface area contributed by atoms with Gasteiger partial charge in [-0.15, -0.1) is 11.3 Å². The molecule has 0 aliphatic carbocycles. The van der Waals surface area contributed by atoms with Crippen molar-refractivity contribution in [1.29, 1.82) is 0 Å². The molecule has 1 heterocycles. The van der Waals surface area contributed by atoms with Crippen LogP contribution in [0.1, 0.15) is 56.7 Å². The van der Waals surface area contributed by atoms with Gasteiger partial charge in [0.25, 0.3) is 5.91 Å². The van der Waals surface area contributed by atoms with Gasteiger partial charge in [0.1, 0.15) is 16.2 Å². The lowest BCUT2D eigenvalue weighted by Crippen LogP contribution is -2.21. The summed E-state index contributed by atoms with van der Waals surface area (Å²) < 4.78 is 21.1. The van der Waals surface area contributed by atoms with E-state index in [0.717, 1.165) is 11.3 Å². The molecule has 1 aromatic heterocycles. The predicted molar refractivity (Wildman–Crippen MR) is 118 cm³/mol. The molecule has 0 aliphatic rings. The van der Waals surface area contributed by atoms with Crippen LogP contribution in [-0.2, 0) is 14.3 Å². The van der Waals surface area contributed by atoms with E-state index in [1.807, 2.05) is 0 Å². The lowest BCUT2D eigenvalue weighted by Gasteiger charge is -2.12. The SMILES string of the molecule is CCOC(=O)c1sc(NC(=O)COc2ccc(C=O)cc2OCC)c(C(=O)OCC)c1C. The smallest absolute Gasteiger partial charge is 0.348 e. The number of carbonyl (C=O) groups is 4. The van der Waals surface area contributed by atoms with Gasteiger partial charge in [0, 0.05) is 5.56 Å². The van der Waals surface area contributed by atoms with Gasteiger partial charge in [-0.3, -0.25) is 9.59 Å². The van der Waals surface area contributed by atoms with Gasteiger partial charge in [0.2, 0.25) is 0 Å². The average molecular weight is 464 g/mol. The van der Waals surface area contributed by atoms with Crippen molar-refractivity contribution in [2.45, 2.75) is 27.7 Å². The third-order valence-corrected chi connectivity index (χ3v) is 5.29. The fourth-order valence-corrected chi connectivity index (χ4v) is 3.84. The van der Waals surface area contributed by atoms with Crippen molar-refractivity contribution in [3.63, 3.8) is 0 Å². The molecule has 10 heteroatoms. The molecule has 0 spiro atoms. The third-order valence-electron chi connectivity index (χ3n) is 4.10. The highest BCUT2D eigenvalue weighted by molar-refractivity contribution is 7.18. The summed E-state index contributed by atoms with van der Waals surface area (Å²) in [5.41, 5.74) is 0.870. The predicted octanol–water partition coefficient (Wildman–Crippen LogP) is 3.64. The Labute approximate surface area is 189 Å². The Morgan fingerprint density at radius 1 is 0.969 bits per heavy atom. The number of nitrogens with one attached hydrogen (secondary N) is 1. The van der Waals surface area contributed by atoms with Crippen molar-refractivity contribution in [1.82, 2.24) is 0 Å². The summed E-state index contributed by atoms with van der Waals surface area (Å²) in [5.74, 6) is -1.19. The molecule has 0 fully saturated rings. The molecule has 2 rings (SSSR count).